The van der Waals surface area contributed by atoms with Gasteiger partial charge in [-0.3, -0.25) is 9.38 Å². The van der Waals surface area contributed by atoms with Crippen molar-refractivity contribution in [3.8, 4) is 17.0 Å². The Bertz CT molecular complexity index is 962. The van der Waals surface area contributed by atoms with Crippen LogP contribution in [-0.2, 0) is 0 Å². The van der Waals surface area contributed by atoms with Gasteiger partial charge in [-0.1, -0.05) is 18.2 Å². The Morgan fingerprint density at radius 1 is 1.00 bits per heavy atom. The topological polar surface area (TPSA) is 51.5 Å². The van der Waals surface area contributed by atoms with Crippen LogP contribution in [0.1, 0.15) is 0 Å². The minimum Gasteiger partial charge on any atom is -0.497 e. The zero-order valence-electron chi connectivity index (χ0n) is 13.2. The van der Waals surface area contributed by atoms with Gasteiger partial charge in [-0.05, 0) is 36.4 Å². The standard InChI is InChI=1S/C19H16N4O/c1-24-16-9-7-14(8-10-16)18-19(21-15-5-3-2-4-6-15)23-12-11-20-13-17(23)22-18/h2-13,21H,1H3. The number of fused-ring (bicyclic) bond motifs is 1. The van der Waals surface area contributed by atoms with Gasteiger partial charge in [-0.2, -0.15) is 0 Å². The maximum absolute atomic E-state index is 5.24. The van der Waals surface area contributed by atoms with Gasteiger partial charge in [-0.15, -0.1) is 0 Å². The number of ether oxygens (including phenoxy) is 1. The molecule has 4 aromatic rings. The molecule has 2 aromatic carbocycles. The highest BCUT2D eigenvalue weighted by atomic mass is 16.5. The molecule has 0 aliphatic heterocycles. The summed E-state index contributed by atoms with van der Waals surface area (Å²) in [6.07, 6.45) is 5.41. The first-order chi connectivity index (χ1) is 11.8. The lowest BCUT2D eigenvalue weighted by molar-refractivity contribution is 0.415. The highest BCUT2D eigenvalue weighted by Gasteiger charge is 2.14. The number of methoxy groups -OCH3 is 1. The Hall–Kier alpha value is -3.34. The molecule has 0 saturated carbocycles. The third kappa shape index (κ3) is 2.56. The Morgan fingerprint density at radius 2 is 1.79 bits per heavy atom. The fraction of sp³-hybridized carbons (Fsp3) is 0.0526. The Labute approximate surface area is 139 Å². The van der Waals surface area contributed by atoms with E-state index in [2.05, 4.69) is 10.3 Å². The zero-order valence-corrected chi connectivity index (χ0v) is 13.2. The number of aromatic nitrogens is 3. The molecule has 2 aromatic heterocycles. The number of rotatable bonds is 4. The molecule has 0 saturated heterocycles. The smallest absolute Gasteiger partial charge is 0.157 e. The van der Waals surface area contributed by atoms with Crippen molar-refractivity contribution < 1.29 is 4.74 Å². The third-order valence-electron chi connectivity index (χ3n) is 3.83. The molecular formula is C19H16N4O. The second-order valence-electron chi connectivity index (χ2n) is 5.33. The highest BCUT2D eigenvalue weighted by Crippen LogP contribution is 2.31. The summed E-state index contributed by atoms with van der Waals surface area (Å²) in [7, 11) is 1.66. The van der Waals surface area contributed by atoms with Crippen molar-refractivity contribution in [1.82, 2.24) is 14.4 Å². The molecule has 5 heteroatoms. The second kappa shape index (κ2) is 6.04. The molecule has 1 N–H and O–H groups in total. The number of hydrogen-bond donors (Lipinski definition) is 1. The van der Waals surface area contributed by atoms with Crippen LogP contribution in [0.4, 0.5) is 11.5 Å². The predicted molar refractivity (Wildman–Crippen MR) is 94.7 cm³/mol. The second-order valence-corrected chi connectivity index (χ2v) is 5.33. The van der Waals surface area contributed by atoms with Crippen molar-refractivity contribution in [3.05, 3.63) is 73.2 Å². The molecule has 0 aliphatic rings. The van der Waals surface area contributed by atoms with Crippen LogP contribution in [0.5, 0.6) is 5.75 Å². The summed E-state index contributed by atoms with van der Waals surface area (Å²) in [5.74, 6) is 1.73. The number of benzene rings is 2. The number of anilines is 2. The highest BCUT2D eigenvalue weighted by molar-refractivity contribution is 5.79. The molecule has 0 aliphatic carbocycles. The number of imidazole rings is 1. The molecule has 0 amide bonds. The number of hydrogen-bond acceptors (Lipinski definition) is 4. The summed E-state index contributed by atoms with van der Waals surface area (Å²) >= 11 is 0. The SMILES string of the molecule is COc1ccc(-c2nc3cnccn3c2Nc2ccccc2)cc1. The van der Waals surface area contributed by atoms with E-state index < -0.39 is 0 Å². The summed E-state index contributed by atoms with van der Waals surface area (Å²) in [6, 6.07) is 17.9. The lowest BCUT2D eigenvalue weighted by atomic mass is 10.1. The molecule has 0 bridgehead atoms. The molecule has 4 rings (SSSR count). The van der Waals surface area contributed by atoms with Gasteiger partial charge in [-0.25, -0.2) is 4.98 Å². The van der Waals surface area contributed by atoms with Crippen LogP contribution in [0.3, 0.4) is 0 Å². The summed E-state index contributed by atoms with van der Waals surface area (Å²) in [6.45, 7) is 0. The lowest BCUT2D eigenvalue weighted by Gasteiger charge is -2.09. The first-order valence-electron chi connectivity index (χ1n) is 7.64. The summed E-state index contributed by atoms with van der Waals surface area (Å²) < 4.78 is 7.24. The molecule has 0 spiro atoms. The summed E-state index contributed by atoms with van der Waals surface area (Å²) in [5.41, 5.74) is 3.68. The van der Waals surface area contributed by atoms with Crippen molar-refractivity contribution in [1.29, 1.82) is 0 Å². The average molecular weight is 316 g/mol. The average Bonchev–Trinajstić information content (AvgIpc) is 3.01. The van der Waals surface area contributed by atoms with Gasteiger partial charge in [0, 0.05) is 23.6 Å². The molecule has 118 valence electrons. The molecule has 0 radical (unpaired) electrons. The summed E-state index contributed by atoms with van der Waals surface area (Å²) in [5, 5.41) is 3.46. The predicted octanol–water partition coefficient (Wildman–Crippen LogP) is 4.15. The van der Waals surface area contributed by atoms with E-state index in [1.54, 1.807) is 19.5 Å². The van der Waals surface area contributed by atoms with E-state index in [9.17, 15) is 0 Å². The monoisotopic (exact) mass is 316 g/mol. The van der Waals surface area contributed by atoms with Crippen LogP contribution in [0.15, 0.2) is 73.2 Å². The van der Waals surface area contributed by atoms with E-state index in [-0.39, 0.29) is 0 Å². The third-order valence-corrected chi connectivity index (χ3v) is 3.83. The van der Waals surface area contributed by atoms with Crippen molar-refractivity contribution in [3.63, 3.8) is 0 Å². The Kier molecular flexibility index (Phi) is 3.59. The largest absolute Gasteiger partial charge is 0.497 e. The van der Waals surface area contributed by atoms with Gasteiger partial charge in [0.25, 0.3) is 0 Å². The van der Waals surface area contributed by atoms with Crippen molar-refractivity contribution in [2.24, 2.45) is 0 Å². The van der Waals surface area contributed by atoms with Gasteiger partial charge >= 0.3 is 0 Å². The van der Waals surface area contributed by atoms with E-state index in [1.165, 1.54) is 0 Å². The van der Waals surface area contributed by atoms with Crippen molar-refractivity contribution in [2.45, 2.75) is 0 Å². The molecular weight excluding hydrogens is 300 g/mol. The van der Waals surface area contributed by atoms with Crippen molar-refractivity contribution >= 4 is 17.2 Å². The Morgan fingerprint density at radius 3 is 2.54 bits per heavy atom. The van der Waals surface area contributed by atoms with Crippen LogP contribution in [0.2, 0.25) is 0 Å². The van der Waals surface area contributed by atoms with E-state index in [1.807, 2.05) is 65.2 Å². The van der Waals surface area contributed by atoms with E-state index in [0.29, 0.717) is 0 Å². The van der Waals surface area contributed by atoms with Crippen LogP contribution in [0.25, 0.3) is 16.9 Å². The van der Waals surface area contributed by atoms with Gasteiger partial charge in [0.05, 0.1) is 13.3 Å². The summed E-state index contributed by atoms with van der Waals surface area (Å²) in [4.78, 5) is 8.90. The minimum atomic E-state index is 0.793. The van der Waals surface area contributed by atoms with E-state index >= 15 is 0 Å². The van der Waals surface area contributed by atoms with Gasteiger partial charge in [0.2, 0.25) is 0 Å². The first-order valence-corrected chi connectivity index (χ1v) is 7.64. The van der Waals surface area contributed by atoms with Gasteiger partial charge in [0.1, 0.15) is 17.3 Å². The number of para-hydroxylation sites is 1. The quantitative estimate of drug-likeness (QED) is 0.614. The zero-order chi connectivity index (χ0) is 16.4. The molecule has 0 fully saturated rings. The van der Waals surface area contributed by atoms with Crippen LogP contribution in [0, 0.1) is 0 Å². The van der Waals surface area contributed by atoms with E-state index in [4.69, 9.17) is 9.72 Å². The minimum absolute atomic E-state index is 0.793. The fourth-order valence-corrected chi connectivity index (χ4v) is 2.63. The molecule has 0 atom stereocenters. The van der Waals surface area contributed by atoms with Crippen LogP contribution in [-0.4, -0.2) is 21.5 Å². The maximum Gasteiger partial charge on any atom is 0.157 e. The first kappa shape index (κ1) is 14.3. The van der Waals surface area contributed by atoms with Gasteiger partial charge in [0.15, 0.2) is 5.65 Å². The maximum atomic E-state index is 5.24. The van der Waals surface area contributed by atoms with Crippen LogP contribution < -0.4 is 10.1 Å². The van der Waals surface area contributed by atoms with Gasteiger partial charge < -0.3 is 10.1 Å². The molecule has 5 nitrogen and oxygen atoms in total. The van der Waals surface area contributed by atoms with Crippen LogP contribution >= 0.6 is 0 Å². The van der Waals surface area contributed by atoms with Crippen molar-refractivity contribution in [2.75, 3.05) is 12.4 Å². The number of nitrogens with one attached hydrogen (secondary N) is 1. The lowest BCUT2D eigenvalue weighted by Crippen LogP contribution is -1.96. The van der Waals surface area contributed by atoms with E-state index in [0.717, 1.165) is 34.2 Å². The fourth-order valence-electron chi connectivity index (χ4n) is 2.63. The molecule has 2 heterocycles. The number of nitrogens with zero attached hydrogens (tertiary/aromatic N) is 3. The normalized spacial score (nSPS) is 10.7. The Balaban J connectivity index is 1.85. The molecule has 24 heavy (non-hydrogen) atoms. The molecule has 0 unspecified atom stereocenters.